The fourth-order valence-electron chi connectivity index (χ4n) is 3.44. The number of nitrogens with zero attached hydrogens (tertiary/aromatic N) is 3. The number of anilines is 1. The van der Waals surface area contributed by atoms with Crippen molar-refractivity contribution in [2.45, 2.75) is 51.4 Å². The standard InChI is InChI=1S/C14H24N4O/c15-11-14(6-2-1-3-7-14)10-12-16-13(17-19-12)18-8-4-5-9-18/h1-11,15H2. The van der Waals surface area contributed by atoms with Crippen LogP contribution in [-0.4, -0.2) is 29.8 Å². The average Bonchev–Trinajstić information content (AvgIpc) is 3.10. The summed E-state index contributed by atoms with van der Waals surface area (Å²) in [5, 5.41) is 4.13. The van der Waals surface area contributed by atoms with E-state index in [9.17, 15) is 0 Å². The molecule has 0 atom stereocenters. The number of hydrogen-bond acceptors (Lipinski definition) is 5. The van der Waals surface area contributed by atoms with Crippen molar-refractivity contribution in [3.63, 3.8) is 0 Å². The Balaban J connectivity index is 1.68. The Morgan fingerprint density at radius 1 is 1.11 bits per heavy atom. The van der Waals surface area contributed by atoms with Gasteiger partial charge >= 0.3 is 0 Å². The predicted octanol–water partition coefficient (Wildman–Crippen LogP) is 2.12. The number of aromatic nitrogens is 2. The van der Waals surface area contributed by atoms with E-state index in [1.54, 1.807) is 0 Å². The third-order valence-electron chi connectivity index (χ3n) is 4.72. The summed E-state index contributed by atoms with van der Waals surface area (Å²) in [4.78, 5) is 6.78. The van der Waals surface area contributed by atoms with E-state index in [4.69, 9.17) is 10.3 Å². The summed E-state index contributed by atoms with van der Waals surface area (Å²) < 4.78 is 5.45. The molecule has 0 amide bonds. The van der Waals surface area contributed by atoms with Crippen molar-refractivity contribution in [2.75, 3.05) is 24.5 Å². The van der Waals surface area contributed by atoms with Crippen molar-refractivity contribution in [1.29, 1.82) is 0 Å². The van der Waals surface area contributed by atoms with Gasteiger partial charge in [0.05, 0.1) is 0 Å². The largest absolute Gasteiger partial charge is 0.338 e. The second kappa shape index (κ2) is 5.49. The van der Waals surface area contributed by atoms with Crippen LogP contribution in [-0.2, 0) is 6.42 Å². The molecule has 2 fully saturated rings. The molecule has 1 aromatic rings. The summed E-state index contributed by atoms with van der Waals surface area (Å²) in [5.41, 5.74) is 6.22. The van der Waals surface area contributed by atoms with Gasteiger partial charge in [0.1, 0.15) is 0 Å². The zero-order valence-corrected chi connectivity index (χ0v) is 11.6. The quantitative estimate of drug-likeness (QED) is 0.902. The van der Waals surface area contributed by atoms with E-state index in [0.717, 1.165) is 37.9 Å². The molecule has 19 heavy (non-hydrogen) atoms. The van der Waals surface area contributed by atoms with E-state index in [1.807, 2.05) is 0 Å². The van der Waals surface area contributed by atoms with Gasteiger partial charge in [-0.15, -0.1) is 0 Å². The molecule has 0 unspecified atom stereocenters. The lowest BCUT2D eigenvalue weighted by Crippen LogP contribution is -2.35. The monoisotopic (exact) mass is 264 g/mol. The highest BCUT2D eigenvalue weighted by Crippen LogP contribution is 2.38. The minimum absolute atomic E-state index is 0.201. The third kappa shape index (κ3) is 2.76. The van der Waals surface area contributed by atoms with Crippen LogP contribution < -0.4 is 10.6 Å². The van der Waals surface area contributed by atoms with Crippen molar-refractivity contribution >= 4 is 5.95 Å². The van der Waals surface area contributed by atoms with Gasteiger partial charge in [0.15, 0.2) is 0 Å². The maximum absolute atomic E-state index is 6.01. The highest BCUT2D eigenvalue weighted by molar-refractivity contribution is 5.29. The van der Waals surface area contributed by atoms with Gasteiger partial charge < -0.3 is 15.2 Å². The number of hydrogen-bond donors (Lipinski definition) is 1. The normalized spacial score (nSPS) is 22.9. The molecule has 2 N–H and O–H groups in total. The topological polar surface area (TPSA) is 68.2 Å². The predicted molar refractivity (Wildman–Crippen MR) is 74.0 cm³/mol. The highest BCUT2D eigenvalue weighted by atomic mass is 16.5. The molecule has 2 aliphatic rings. The van der Waals surface area contributed by atoms with Gasteiger partial charge in [0.2, 0.25) is 5.89 Å². The van der Waals surface area contributed by atoms with Gasteiger partial charge in [-0.3, -0.25) is 0 Å². The summed E-state index contributed by atoms with van der Waals surface area (Å²) in [6, 6.07) is 0. The molecular formula is C14H24N4O. The Kier molecular flexibility index (Phi) is 3.73. The second-order valence-corrected chi connectivity index (χ2v) is 6.12. The third-order valence-corrected chi connectivity index (χ3v) is 4.72. The summed E-state index contributed by atoms with van der Waals surface area (Å²) in [6.07, 6.45) is 9.62. The first-order valence-electron chi connectivity index (χ1n) is 7.59. The second-order valence-electron chi connectivity index (χ2n) is 6.12. The lowest BCUT2D eigenvalue weighted by molar-refractivity contribution is 0.177. The first-order chi connectivity index (χ1) is 9.31. The van der Waals surface area contributed by atoms with E-state index in [-0.39, 0.29) is 5.41 Å². The molecule has 1 saturated carbocycles. The van der Waals surface area contributed by atoms with Crippen molar-refractivity contribution in [3.05, 3.63) is 5.89 Å². The molecule has 0 spiro atoms. The summed E-state index contributed by atoms with van der Waals surface area (Å²) in [6.45, 7) is 2.84. The molecule has 2 heterocycles. The molecule has 106 valence electrons. The Morgan fingerprint density at radius 3 is 2.53 bits per heavy atom. The summed E-state index contributed by atoms with van der Waals surface area (Å²) in [7, 11) is 0. The summed E-state index contributed by atoms with van der Waals surface area (Å²) in [5.74, 6) is 1.55. The van der Waals surface area contributed by atoms with Gasteiger partial charge in [0.25, 0.3) is 5.95 Å². The van der Waals surface area contributed by atoms with Crippen molar-refractivity contribution in [1.82, 2.24) is 10.1 Å². The van der Waals surface area contributed by atoms with Gasteiger partial charge in [-0.25, -0.2) is 0 Å². The molecule has 5 heteroatoms. The molecule has 1 aliphatic carbocycles. The molecule has 0 aromatic carbocycles. The van der Waals surface area contributed by atoms with E-state index >= 15 is 0 Å². The molecule has 5 nitrogen and oxygen atoms in total. The van der Waals surface area contributed by atoms with Crippen LogP contribution in [0.2, 0.25) is 0 Å². The lowest BCUT2D eigenvalue weighted by Gasteiger charge is -2.34. The Labute approximate surface area is 114 Å². The van der Waals surface area contributed by atoms with E-state index in [2.05, 4.69) is 15.0 Å². The molecule has 0 bridgehead atoms. The molecule has 1 saturated heterocycles. The summed E-state index contributed by atoms with van der Waals surface area (Å²) >= 11 is 0. The average molecular weight is 264 g/mol. The minimum atomic E-state index is 0.201. The fourth-order valence-corrected chi connectivity index (χ4v) is 3.44. The Bertz CT molecular complexity index is 405. The molecule has 1 aliphatic heterocycles. The number of nitrogens with two attached hydrogens (primary N) is 1. The van der Waals surface area contributed by atoms with Gasteiger partial charge in [-0.1, -0.05) is 19.3 Å². The minimum Gasteiger partial charge on any atom is -0.338 e. The van der Waals surface area contributed by atoms with Crippen LogP contribution in [0.4, 0.5) is 5.95 Å². The van der Waals surface area contributed by atoms with Gasteiger partial charge in [-0.05, 0) is 42.8 Å². The van der Waals surface area contributed by atoms with Crippen LogP contribution in [0.1, 0.15) is 50.8 Å². The smallest absolute Gasteiger partial charge is 0.266 e. The Morgan fingerprint density at radius 2 is 1.84 bits per heavy atom. The van der Waals surface area contributed by atoms with E-state index in [0.29, 0.717) is 0 Å². The fraction of sp³-hybridized carbons (Fsp3) is 0.857. The van der Waals surface area contributed by atoms with E-state index < -0.39 is 0 Å². The zero-order valence-electron chi connectivity index (χ0n) is 11.6. The van der Waals surface area contributed by atoms with Gasteiger partial charge in [0, 0.05) is 19.5 Å². The number of rotatable bonds is 4. The SMILES string of the molecule is NCC1(Cc2nc(N3CCCC3)no2)CCCCC1. The van der Waals surface area contributed by atoms with Crippen LogP contribution in [0.25, 0.3) is 0 Å². The zero-order chi connectivity index (χ0) is 13.1. The maximum Gasteiger partial charge on any atom is 0.266 e. The lowest BCUT2D eigenvalue weighted by atomic mass is 9.72. The molecular weight excluding hydrogens is 240 g/mol. The maximum atomic E-state index is 6.01. The molecule has 1 aromatic heterocycles. The van der Waals surface area contributed by atoms with Crippen LogP contribution in [0.3, 0.4) is 0 Å². The first kappa shape index (κ1) is 12.9. The molecule has 3 rings (SSSR count). The van der Waals surface area contributed by atoms with Gasteiger partial charge in [-0.2, -0.15) is 4.98 Å². The van der Waals surface area contributed by atoms with Crippen LogP contribution in [0.15, 0.2) is 4.52 Å². The van der Waals surface area contributed by atoms with Crippen molar-refractivity contribution < 1.29 is 4.52 Å². The van der Waals surface area contributed by atoms with E-state index in [1.165, 1.54) is 44.9 Å². The van der Waals surface area contributed by atoms with Crippen LogP contribution >= 0.6 is 0 Å². The van der Waals surface area contributed by atoms with Crippen molar-refractivity contribution in [2.24, 2.45) is 11.1 Å². The molecule has 0 radical (unpaired) electrons. The highest BCUT2D eigenvalue weighted by Gasteiger charge is 2.33. The first-order valence-corrected chi connectivity index (χ1v) is 7.59. The van der Waals surface area contributed by atoms with Crippen molar-refractivity contribution in [3.8, 4) is 0 Å². The van der Waals surface area contributed by atoms with Crippen LogP contribution in [0.5, 0.6) is 0 Å². The van der Waals surface area contributed by atoms with Crippen LogP contribution in [0, 0.1) is 5.41 Å². The Hall–Kier alpha value is -1.10.